The van der Waals surface area contributed by atoms with Crippen LogP contribution in [0.15, 0.2) is 95.9 Å². The van der Waals surface area contributed by atoms with E-state index >= 15 is 0 Å². The van der Waals surface area contributed by atoms with Crippen LogP contribution < -0.4 is 0 Å². The first-order valence-corrected chi connectivity index (χ1v) is 11.3. The van der Waals surface area contributed by atoms with Gasteiger partial charge in [0.25, 0.3) is 0 Å². The van der Waals surface area contributed by atoms with E-state index in [0.717, 1.165) is 28.3 Å². The molecule has 0 spiro atoms. The molecule has 0 bridgehead atoms. The van der Waals surface area contributed by atoms with Gasteiger partial charge in [0.15, 0.2) is 9.84 Å². The Morgan fingerprint density at radius 2 is 1.28 bits per heavy atom. The smallest absolute Gasteiger partial charge is 0.178 e. The molecule has 0 aliphatic heterocycles. The number of hydrogen-bond acceptors (Lipinski definition) is 3. The summed E-state index contributed by atoms with van der Waals surface area (Å²) in [5, 5.41) is 0. The van der Waals surface area contributed by atoms with Crippen molar-refractivity contribution in [3.05, 3.63) is 96.8 Å². The van der Waals surface area contributed by atoms with Gasteiger partial charge in [-0.1, -0.05) is 78.9 Å². The zero-order valence-electron chi connectivity index (χ0n) is 16.0. The molecule has 4 rings (SSSR count). The molecule has 0 aliphatic carbocycles. The van der Waals surface area contributed by atoms with Gasteiger partial charge in [-0.2, -0.15) is 0 Å². The Morgan fingerprint density at radius 1 is 0.724 bits per heavy atom. The molecule has 0 unspecified atom stereocenters. The second kappa shape index (κ2) is 8.45. The molecule has 3 aromatic carbocycles. The Labute approximate surface area is 171 Å². The minimum Gasteiger partial charge on any atom is -0.341 e. The molecular formula is C24H22N2O2S. The van der Waals surface area contributed by atoms with Gasteiger partial charge in [0, 0.05) is 17.5 Å². The van der Waals surface area contributed by atoms with Crippen molar-refractivity contribution in [2.45, 2.75) is 17.7 Å². The van der Waals surface area contributed by atoms with Crippen LogP contribution in [-0.2, 0) is 16.3 Å². The number of nitrogens with one attached hydrogen (secondary N) is 1. The van der Waals surface area contributed by atoms with Crippen LogP contribution in [0.4, 0.5) is 0 Å². The van der Waals surface area contributed by atoms with Crippen LogP contribution in [-0.4, -0.2) is 24.1 Å². The van der Waals surface area contributed by atoms with Gasteiger partial charge in [0.2, 0.25) is 0 Å². The van der Waals surface area contributed by atoms with E-state index in [2.05, 4.69) is 4.98 Å². The fourth-order valence-corrected chi connectivity index (χ4v) is 4.67. The maximum atomic E-state index is 12.5. The number of H-pyrrole nitrogens is 1. The molecule has 1 N–H and O–H groups in total. The van der Waals surface area contributed by atoms with Gasteiger partial charge < -0.3 is 4.98 Å². The zero-order chi connectivity index (χ0) is 20.1. The fraction of sp³-hybridized carbons (Fsp3) is 0.125. The lowest BCUT2D eigenvalue weighted by Crippen LogP contribution is -2.08. The molecule has 0 saturated heterocycles. The molecule has 0 radical (unpaired) electrons. The van der Waals surface area contributed by atoms with E-state index < -0.39 is 9.84 Å². The highest BCUT2D eigenvalue weighted by molar-refractivity contribution is 7.91. The highest BCUT2D eigenvalue weighted by atomic mass is 32.2. The van der Waals surface area contributed by atoms with Crippen LogP contribution in [0.2, 0.25) is 0 Å². The van der Waals surface area contributed by atoms with Crippen LogP contribution in [0.1, 0.15) is 12.2 Å². The minimum absolute atomic E-state index is 0.0963. The van der Waals surface area contributed by atoms with E-state index in [9.17, 15) is 8.42 Å². The van der Waals surface area contributed by atoms with Crippen molar-refractivity contribution in [3.63, 3.8) is 0 Å². The summed E-state index contributed by atoms with van der Waals surface area (Å²) in [6, 6.07) is 28.7. The molecule has 29 heavy (non-hydrogen) atoms. The van der Waals surface area contributed by atoms with Gasteiger partial charge in [-0.3, -0.25) is 0 Å². The lowest BCUT2D eigenvalue weighted by molar-refractivity contribution is 0.593. The number of aromatic amines is 1. The molecule has 5 heteroatoms. The molecule has 146 valence electrons. The normalized spacial score (nSPS) is 11.4. The van der Waals surface area contributed by atoms with Gasteiger partial charge in [-0.05, 0) is 18.6 Å². The molecule has 1 aromatic heterocycles. The predicted molar refractivity (Wildman–Crippen MR) is 116 cm³/mol. The summed E-state index contributed by atoms with van der Waals surface area (Å²) in [5.74, 6) is 0.893. The van der Waals surface area contributed by atoms with Gasteiger partial charge in [0.05, 0.1) is 22.0 Å². The topological polar surface area (TPSA) is 62.8 Å². The summed E-state index contributed by atoms with van der Waals surface area (Å²) in [6.45, 7) is 0. The summed E-state index contributed by atoms with van der Waals surface area (Å²) < 4.78 is 25.0. The Bertz CT molecular complexity index is 1110. The van der Waals surface area contributed by atoms with E-state index in [-0.39, 0.29) is 5.75 Å². The average Bonchev–Trinajstić information content (AvgIpc) is 3.20. The van der Waals surface area contributed by atoms with Crippen LogP contribution in [0.25, 0.3) is 22.5 Å². The Balaban J connectivity index is 1.56. The molecule has 1 heterocycles. The van der Waals surface area contributed by atoms with Crippen molar-refractivity contribution < 1.29 is 8.42 Å². The first-order valence-electron chi connectivity index (χ1n) is 9.61. The van der Waals surface area contributed by atoms with E-state index in [1.165, 1.54) is 0 Å². The van der Waals surface area contributed by atoms with E-state index in [0.29, 0.717) is 17.7 Å². The molecule has 4 nitrogen and oxygen atoms in total. The fourth-order valence-electron chi connectivity index (χ4n) is 3.33. The lowest BCUT2D eigenvalue weighted by Gasteiger charge is -2.03. The van der Waals surface area contributed by atoms with Gasteiger partial charge in [-0.15, -0.1) is 0 Å². The van der Waals surface area contributed by atoms with Crippen LogP contribution in [0.3, 0.4) is 0 Å². The second-order valence-corrected chi connectivity index (χ2v) is 8.98. The highest BCUT2D eigenvalue weighted by Crippen LogP contribution is 2.30. The number of sulfone groups is 1. The molecule has 4 aromatic rings. The number of aryl methyl sites for hydroxylation is 1. The van der Waals surface area contributed by atoms with Crippen molar-refractivity contribution >= 4 is 9.84 Å². The van der Waals surface area contributed by atoms with E-state index in [1.807, 2.05) is 66.7 Å². The van der Waals surface area contributed by atoms with Crippen molar-refractivity contribution in [2.75, 3.05) is 5.75 Å². The molecule has 0 fully saturated rings. The molecule has 0 aliphatic rings. The van der Waals surface area contributed by atoms with Crippen molar-refractivity contribution in [3.8, 4) is 22.5 Å². The average molecular weight is 403 g/mol. The maximum absolute atomic E-state index is 12.5. The van der Waals surface area contributed by atoms with Crippen molar-refractivity contribution in [1.82, 2.24) is 9.97 Å². The van der Waals surface area contributed by atoms with Crippen LogP contribution >= 0.6 is 0 Å². The number of aromatic nitrogens is 2. The standard InChI is InChI=1S/C24H22N2O2S/c27-29(28,21-15-8-3-9-16-21)18-10-17-22-25-23(19-11-4-1-5-12-19)24(26-22)20-13-6-2-7-14-20/h1-9,11-16H,10,17-18H2,(H,25,26). The molecule has 0 saturated carbocycles. The Hall–Kier alpha value is -3.18. The summed E-state index contributed by atoms with van der Waals surface area (Å²) in [6.07, 6.45) is 1.08. The zero-order valence-corrected chi connectivity index (χ0v) is 16.8. The number of hydrogen-bond donors (Lipinski definition) is 1. The third kappa shape index (κ3) is 4.46. The molecule has 0 amide bonds. The molecular weight excluding hydrogens is 380 g/mol. The summed E-state index contributed by atoms with van der Waals surface area (Å²) in [5.41, 5.74) is 3.93. The van der Waals surface area contributed by atoms with Crippen LogP contribution in [0.5, 0.6) is 0 Å². The maximum Gasteiger partial charge on any atom is 0.178 e. The van der Waals surface area contributed by atoms with Gasteiger partial charge in [-0.25, -0.2) is 13.4 Å². The SMILES string of the molecule is O=S(=O)(CCCc1nc(-c2ccccc2)c(-c2ccccc2)[nH]1)c1ccccc1. The minimum atomic E-state index is -3.28. The summed E-state index contributed by atoms with van der Waals surface area (Å²) >= 11 is 0. The Morgan fingerprint density at radius 3 is 1.90 bits per heavy atom. The first-order chi connectivity index (χ1) is 14.1. The molecule has 0 atom stereocenters. The first kappa shape index (κ1) is 19.2. The van der Waals surface area contributed by atoms with Crippen LogP contribution in [0, 0.1) is 0 Å². The summed E-state index contributed by atoms with van der Waals surface area (Å²) in [7, 11) is -3.28. The number of nitrogens with zero attached hydrogens (tertiary/aromatic N) is 1. The Kier molecular flexibility index (Phi) is 5.58. The number of imidazole rings is 1. The largest absolute Gasteiger partial charge is 0.341 e. The van der Waals surface area contributed by atoms with E-state index in [1.54, 1.807) is 24.3 Å². The quantitative estimate of drug-likeness (QED) is 0.465. The van der Waals surface area contributed by atoms with E-state index in [4.69, 9.17) is 4.98 Å². The monoisotopic (exact) mass is 402 g/mol. The number of benzene rings is 3. The predicted octanol–water partition coefficient (Wildman–Crippen LogP) is 5.15. The second-order valence-electron chi connectivity index (χ2n) is 6.87. The third-order valence-electron chi connectivity index (χ3n) is 4.79. The number of rotatable bonds is 7. The summed E-state index contributed by atoms with van der Waals surface area (Å²) in [4.78, 5) is 8.59. The lowest BCUT2D eigenvalue weighted by atomic mass is 10.1. The van der Waals surface area contributed by atoms with Crippen molar-refractivity contribution in [2.24, 2.45) is 0 Å². The van der Waals surface area contributed by atoms with Crippen molar-refractivity contribution in [1.29, 1.82) is 0 Å². The third-order valence-corrected chi connectivity index (χ3v) is 6.61. The van der Waals surface area contributed by atoms with Gasteiger partial charge >= 0.3 is 0 Å². The van der Waals surface area contributed by atoms with Gasteiger partial charge in [0.1, 0.15) is 5.82 Å². The highest BCUT2D eigenvalue weighted by Gasteiger charge is 2.16.